The third-order valence-electron chi connectivity index (χ3n) is 3.46. The van der Waals surface area contributed by atoms with E-state index in [1.807, 2.05) is 31.5 Å². The maximum absolute atomic E-state index is 5.53. The fourth-order valence-corrected chi connectivity index (χ4v) is 3.97. The van der Waals surface area contributed by atoms with E-state index in [1.165, 1.54) is 5.56 Å². The Balaban J connectivity index is 2.14. The van der Waals surface area contributed by atoms with Gasteiger partial charge >= 0.3 is 0 Å². The Kier molecular flexibility index (Phi) is 2.98. The zero-order valence-corrected chi connectivity index (χ0v) is 13.6. The second-order valence-corrected chi connectivity index (χ2v) is 6.42. The summed E-state index contributed by atoms with van der Waals surface area (Å²) in [6.45, 7) is 4.10. The third-order valence-corrected chi connectivity index (χ3v) is 4.69. The number of nitrogens with zero attached hydrogens (tertiary/aromatic N) is 3. The molecule has 0 aliphatic rings. The van der Waals surface area contributed by atoms with E-state index in [9.17, 15) is 0 Å². The molecule has 1 N–H and O–H groups in total. The van der Waals surface area contributed by atoms with Crippen molar-refractivity contribution in [3.63, 3.8) is 0 Å². The Bertz CT molecular complexity index is 1020. The number of hydrogen-bond donors (Lipinski definition) is 1. The number of aryl methyl sites for hydroxylation is 2. The third kappa shape index (κ3) is 2.01. The van der Waals surface area contributed by atoms with Crippen molar-refractivity contribution in [1.82, 2.24) is 19.7 Å². The highest BCUT2D eigenvalue weighted by Crippen LogP contribution is 2.41. The van der Waals surface area contributed by atoms with Gasteiger partial charge in [-0.05, 0) is 49.8 Å². The number of nitrogens with one attached hydrogen (secondary N) is 1. The summed E-state index contributed by atoms with van der Waals surface area (Å²) in [4.78, 5) is 6.82. The molecule has 0 saturated heterocycles. The van der Waals surface area contributed by atoms with Crippen molar-refractivity contribution in [3.8, 4) is 16.5 Å². The zero-order chi connectivity index (χ0) is 15.3. The quantitative estimate of drug-likeness (QED) is 0.554. The predicted octanol–water partition coefficient (Wildman–Crippen LogP) is 4.42. The Morgan fingerprint density at radius 2 is 2.05 bits per heavy atom. The highest BCUT2D eigenvalue weighted by molar-refractivity contribution is 7.71. The van der Waals surface area contributed by atoms with Gasteiger partial charge in [0.05, 0.1) is 5.69 Å². The van der Waals surface area contributed by atoms with Crippen LogP contribution in [0.5, 0.6) is 0 Å². The average molecular weight is 328 g/mol. The Morgan fingerprint density at radius 1 is 1.27 bits per heavy atom. The maximum Gasteiger partial charge on any atom is 0.284 e. The lowest BCUT2D eigenvalue weighted by Gasteiger charge is -2.06. The summed E-state index contributed by atoms with van der Waals surface area (Å²) in [5, 5.41) is 7.98. The van der Waals surface area contributed by atoms with Crippen molar-refractivity contribution < 1.29 is 4.42 Å². The van der Waals surface area contributed by atoms with Crippen molar-refractivity contribution in [2.45, 2.75) is 13.8 Å². The van der Waals surface area contributed by atoms with Gasteiger partial charge in [-0.25, -0.2) is 10.1 Å². The van der Waals surface area contributed by atoms with E-state index in [1.54, 1.807) is 11.3 Å². The van der Waals surface area contributed by atoms with E-state index in [-0.39, 0.29) is 4.84 Å². The molecule has 7 heteroatoms. The van der Waals surface area contributed by atoms with Crippen LogP contribution < -0.4 is 0 Å². The lowest BCUT2D eigenvalue weighted by molar-refractivity contribution is 0.553. The molecule has 0 bridgehead atoms. The summed E-state index contributed by atoms with van der Waals surface area (Å²) in [7, 11) is 0. The van der Waals surface area contributed by atoms with Crippen LogP contribution in [0.1, 0.15) is 11.3 Å². The second kappa shape index (κ2) is 4.89. The summed E-state index contributed by atoms with van der Waals surface area (Å²) < 4.78 is 7.59. The molecule has 0 amide bonds. The average Bonchev–Trinajstić information content (AvgIpc) is 3.15. The van der Waals surface area contributed by atoms with Gasteiger partial charge in [0.1, 0.15) is 9.71 Å². The fraction of sp³-hybridized carbons (Fsp3) is 0.133. The van der Waals surface area contributed by atoms with E-state index >= 15 is 0 Å². The van der Waals surface area contributed by atoms with Gasteiger partial charge in [-0.2, -0.15) is 0 Å². The van der Waals surface area contributed by atoms with Gasteiger partial charge in [-0.1, -0.05) is 0 Å². The van der Waals surface area contributed by atoms with Gasteiger partial charge in [-0.15, -0.1) is 16.4 Å². The number of rotatable bonds is 2. The molecule has 0 unspecified atom stereocenters. The highest BCUT2D eigenvalue weighted by atomic mass is 32.1. The van der Waals surface area contributed by atoms with Crippen molar-refractivity contribution in [2.24, 2.45) is 0 Å². The molecule has 0 aliphatic heterocycles. The molecular formula is C15H12N4OS2. The van der Waals surface area contributed by atoms with E-state index in [0.29, 0.717) is 5.89 Å². The minimum atomic E-state index is 0.270. The Hall–Kier alpha value is -2.25. The predicted molar refractivity (Wildman–Crippen MR) is 89.1 cm³/mol. The summed E-state index contributed by atoms with van der Waals surface area (Å²) in [5.74, 6) is 0.494. The standard InChI is InChI=1S/C15H12N4OS2/c1-8-7-9(2)16-14-10(8)11(19-5-3-4-6-19)12(22-14)13-17-18-15(21)20-13/h3-7H,1-2H3,(H,18,21). The maximum atomic E-state index is 5.53. The first-order valence-corrected chi connectivity index (χ1v) is 7.96. The van der Waals surface area contributed by atoms with Crippen molar-refractivity contribution in [3.05, 3.63) is 46.7 Å². The monoisotopic (exact) mass is 328 g/mol. The molecule has 0 spiro atoms. The fourth-order valence-electron chi connectivity index (χ4n) is 2.62. The number of pyridine rings is 1. The van der Waals surface area contributed by atoms with E-state index < -0.39 is 0 Å². The number of H-pyrrole nitrogens is 1. The van der Waals surface area contributed by atoms with E-state index in [4.69, 9.17) is 16.6 Å². The summed E-state index contributed by atoms with van der Waals surface area (Å²) in [5.41, 5.74) is 3.21. The van der Waals surface area contributed by atoms with Gasteiger partial charge in [0, 0.05) is 23.5 Å². The molecule has 0 aliphatic carbocycles. The molecule has 0 atom stereocenters. The Labute approximate surface area is 135 Å². The minimum Gasteiger partial charge on any atom is -0.408 e. The van der Waals surface area contributed by atoms with Crippen molar-refractivity contribution in [1.29, 1.82) is 0 Å². The number of thiophene rings is 1. The highest BCUT2D eigenvalue weighted by Gasteiger charge is 2.21. The SMILES string of the molecule is Cc1cc(C)c2c(-n3cccc3)c(-c3n[nH]c(=S)o3)sc2n1. The molecule has 0 saturated carbocycles. The van der Waals surface area contributed by atoms with Gasteiger partial charge in [-0.3, -0.25) is 0 Å². The van der Waals surface area contributed by atoms with Crippen LogP contribution in [-0.4, -0.2) is 19.7 Å². The van der Waals surface area contributed by atoms with E-state index in [0.717, 1.165) is 26.5 Å². The van der Waals surface area contributed by atoms with Gasteiger partial charge < -0.3 is 8.98 Å². The molecule has 4 rings (SSSR count). The molecule has 110 valence electrons. The van der Waals surface area contributed by atoms with Crippen LogP contribution in [0.4, 0.5) is 0 Å². The van der Waals surface area contributed by atoms with Gasteiger partial charge in [0.25, 0.3) is 10.7 Å². The van der Waals surface area contributed by atoms with Gasteiger partial charge in [0.15, 0.2) is 0 Å². The summed E-state index contributed by atoms with van der Waals surface area (Å²) >= 11 is 6.56. The summed E-state index contributed by atoms with van der Waals surface area (Å²) in [6.07, 6.45) is 4.01. The molecule has 5 nitrogen and oxygen atoms in total. The topological polar surface area (TPSA) is 59.6 Å². The van der Waals surface area contributed by atoms with Crippen molar-refractivity contribution >= 4 is 33.8 Å². The first-order chi connectivity index (χ1) is 10.6. The van der Waals surface area contributed by atoms with Crippen LogP contribution in [0.2, 0.25) is 0 Å². The number of aromatic nitrogens is 4. The van der Waals surface area contributed by atoms with Crippen LogP contribution in [0, 0.1) is 18.7 Å². The smallest absolute Gasteiger partial charge is 0.284 e. The summed E-state index contributed by atoms with van der Waals surface area (Å²) in [6, 6.07) is 6.07. The molecule has 4 heterocycles. The van der Waals surface area contributed by atoms with Crippen LogP contribution in [0.25, 0.3) is 26.7 Å². The normalized spacial score (nSPS) is 11.4. The molecular weight excluding hydrogens is 316 g/mol. The molecule has 4 aromatic rings. The lowest BCUT2D eigenvalue weighted by atomic mass is 10.1. The lowest BCUT2D eigenvalue weighted by Crippen LogP contribution is -1.93. The van der Waals surface area contributed by atoms with Crippen LogP contribution in [0.3, 0.4) is 0 Å². The molecule has 22 heavy (non-hydrogen) atoms. The van der Waals surface area contributed by atoms with Crippen LogP contribution in [-0.2, 0) is 0 Å². The largest absolute Gasteiger partial charge is 0.408 e. The minimum absolute atomic E-state index is 0.270. The van der Waals surface area contributed by atoms with E-state index in [2.05, 4.69) is 32.7 Å². The molecule has 0 fully saturated rings. The molecule has 4 aromatic heterocycles. The van der Waals surface area contributed by atoms with Gasteiger partial charge in [0.2, 0.25) is 0 Å². The zero-order valence-electron chi connectivity index (χ0n) is 12.0. The first-order valence-electron chi connectivity index (χ1n) is 6.73. The Morgan fingerprint density at radius 3 is 2.73 bits per heavy atom. The van der Waals surface area contributed by atoms with Crippen molar-refractivity contribution in [2.75, 3.05) is 0 Å². The number of hydrogen-bond acceptors (Lipinski definition) is 5. The second-order valence-electron chi connectivity index (χ2n) is 5.05. The number of aromatic amines is 1. The number of fused-ring (bicyclic) bond motifs is 1. The van der Waals surface area contributed by atoms with Crippen LogP contribution in [0.15, 0.2) is 35.0 Å². The molecule has 0 radical (unpaired) electrons. The van der Waals surface area contributed by atoms with Crippen LogP contribution >= 0.6 is 23.6 Å². The first kappa shape index (κ1) is 13.4. The molecule has 0 aromatic carbocycles.